The molecule has 108 valence electrons. The Morgan fingerprint density at radius 1 is 1.10 bits per heavy atom. The molecule has 2 aromatic carbocycles. The lowest BCUT2D eigenvalue weighted by molar-refractivity contribution is 0.0743. The van der Waals surface area contributed by atoms with Crippen LogP contribution in [0.3, 0.4) is 0 Å². The highest BCUT2D eigenvalue weighted by Gasteiger charge is 2.35. The Morgan fingerprint density at radius 2 is 1.76 bits per heavy atom. The van der Waals surface area contributed by atoms with Crippen molar-refractivity contribution < 1.29 is 4.79 Å². The van der Waals surface area contributed by atoms with Crippen LogP contribution in [0.15, 0.2) is 54.6 Å². The van der Waals surface area contributed by atoms with Gasteiger partial charge in [-0.3, -0.25) is 4.79 Å². The summed E-state index contributed by atoms with van der Waals surface area (Å²) in [5.41, 5.74) is 8.40. The lowest BCUT2D eigenvalue weighted by Gasteiger charge is -2.25. The second kappa shape index (κ2) is 5.60. The lowest BCUT2D eigenvalue weighted by atomic mass is 9.93. The summed E-state index contributed by atoms with van der Waals surface area (Å²) in [7, 11) is 0. The number of nitrogen functional groups attached to an aromatic ring is 1. The lowest BCUT2D eigenvalue weighted by Crippen LogP contribution is -2.35. The van der Waals surface area contributed by atoms with E-state index in [4.69, 9.17) is 5.73 Å². The fourth-order valence-corrected chi connectivity index (χ4v) is 3.22. The molecular weight excluding hydrogens is 260 g/mol. The van der Waals surface area contributed by atoms with Gasteiger partial charge >= 0.3 is 0 Å². The molecule has 2 N–H and O–H groups in total. The number of nitrogens with zero attached hydrogens (tertiary/aromatic N) is 1. The Bertz CT molecular complexity index is 639. The third kappa shape index (κ3) is 2.51. The molecule has 21 heavy (non-hydrogen) atoms. The molecule has 2 atom stereocenters. The number of likely N-dealkylation sites (tertiary alicyclic amines) is 1. The van der Waals surface area contributed by atoms with Gasteiger partial charge < -0.3 is 10.6 Å². The van der Waals surface area contributed by atoms with Crippen molar-refractivity contribution in [1.29, 1.82) is 0 Å². The Kier molecular flexibility index (Phi) is 3.65. The van der Waals surface area contributed by atoms with Gasteiger partial charge in [0, 0.05) is 24.2 Å². The largest absolute Gasteiger partial charge is 0.398 e. The standard InChI is InChI=1S/C18H20N2O/c1-13-15(14-7-3-2-4-8-14)11-12-20(13)18(21)16-9-5-6-10-17(16)19/h2-10,13,15H,11-12,19H2,1H3. The third-order valence-corrected chi connectivity index (χ3v) is 4.43. The van der Waals surface area contributed by atoms with Gasteiger partial charge in [-0.25, -0.2) is 0 Å². The number of carbonyl (C=O) groups excluding carboxylic acids is 1. The van der Waals surface area contributed by atoms with E-state index in [-0.39, 0.29) is 11.9 Å². The molecule has 1 aliphatic rings. The highest BCUT2D eigenvalue weighted by molar-refractivity contribution is 5.99. The van der Waals surface area contributed by atoms with Gasteiger partial charge in [0.1, 0.15) is 0 Å². The first-order valence-electron chi connectivity index (χ1n) is 7.39. The molecular formula is C18H20N2O. The van der Waals surface area contributed by atoms with Crippen molar-refractivity contribution in [3.63, 3.8) is 0 Å². The Morgan fingerprint density at radius 3 is 2.48 bits per heavy atom. The zero-order valence-corrected chi connectivity index (χ0v) is 12.2. The van der Waals surface area contributed by atoms with Crippen LogP contribution in [0.1, 0.15) is 35.2 Å². The minimum atomic E-state index is 0.0408. The van der Waals surface area contributed by atoms with Crippen molar-refractivity contribution in [3.8, 4) is 0 Å². The third-order valence-electron chi connectivity index (χ3n) is 4.43. The molecule has 3 rings (SSSR count). The molecule has 0 radical (unpaired) electrons. The number of hydrogen-bond acceptors (Lipinski definition) is 2. The van der Waals surface area contributed by atoms with E-state index in [0.717, 1.165) is 13.0 Å². The van der Waals surface area contributed by atoms with Gasteiger partial charge in [0.25, 0.3) is 5.91 Å². The molecule has 0 saturated carbocycles. The first kappa shape index (κ1) is 13.7. The minimum absolute atomic E-state index is 0.0408. The maximum Gasteiger partial charge on any atom is 0.256 e. The number of para-hydroxylation sites is 1. The molecule has 3 heteroatoms. The van der Waals surface area contributed by atoms with E-state index in [1.807, 2.05) is 23.1 Å². The summed E-state index contributed by atoms with van der Waals surface area (Å²) in [6.07, 6.45) is 1.00. The van der Waals surface area contributed by atoms with Crippen LogP contribution in [0.4, 0.5) is 5.69 Å². The van der Waals surface area contributed by atoms with E-state index in [0.29, 0.717) is 17.2 Å². The van der Waals surface area contributed by atoms with Crippen molar-refractivity contribution in [2.24, 2.45) is 0 Å². The average Bonchev–Trinajstić information content (AvgIpc) is 2.90. The highest BCUT2D eigenvalue weighted by atomic mass is 16.2. The summed E-state index contributed by atoms with van der Waals surface area (Å²) >= 11 is 0. The molecule has 0 spiro atoms. The Labute approximate surface area is 125 Å². The van der Waals surface area contributed by atoms with Crippen molar-refractivity contribution in [1.82, 2.24) is 4.90 Å². The van der Waals surface area contributed by atoms with Crippen molar-refractivity contribution in [2.45, 2.75) is 25.3 Å². The maximum atomic E-state index is 12.7. The molecule has 1 amide bonds. The SMILES string of the molecule is CC1C(c2ccccc2)CCN1C(=O)c1ccccc1N. The fraction of sp³-hybridized carbons (Fsp3) is 0.278. The molecule has 0 aromatic heterocycles. The van der Waals surface area contributed by atoms with E-state index in [1.54, 1.807) is 12.1 Å². The Hall–Kier alpha value is -2.29. The van der Waals surface area contributed by atoms with Gasteiger partial charge in [-0.05, 0) is 31.0 Å². The molecule has 3 nitrogen and oxygen atoms in total. The second-order valence-electron chi connectivity index (χ2n) is 5.63. The van der Waals surface area contributed by atoms with Crippen molar-refractivity contribution in [3.05, 3.63) is 65.7 Å². The van der Waals surface area contributed by atoms with E-state index < -0.39 is 0 Å². The normalized spacial score (nSPS) is 21.5. The zero-order valence-electron chi connectivity index (χ0n) is 12.2. The zero-order chi connectivity index (χ0) is 14.8. The predicted molar refractivity (Wildman–Crippen MR) is 85.2 cm³/mol. The summed E-state index contributed by atoms with van der Waals surface area (Å²) in [5, 5.41) is 0. The van der Waals surface area contributed by atoms with Crippen molar-refractivity contribution >= 4 is 11.6 Å². The van der Waals surface area contributed by atoms with Crippen LogP contribution < -0.4 is 5.73 Å². The number of nitrogens with two attached hydrogens (primary N) is 1. The van der Waals surface area contributed by atoms with Gasteiger partial charge in [0.15, 0.2) is 0 Å². The van der Waals surface area contributed by atoms with E-state index in [1.165, 1.54) is 5.56 Å². The molecule has 1 fully saturated rings. The number of benzene rings is 2. The van der Waals surface area contributed by atoms with Gasteiger partial charge in [-0.1, -0.05) is 42.5 Å². The summed E-state index contributed by atoms with van der Waals surface area (Å²) < 4.78 is 0. The predicted octanol–water partition coefficient (Wildman–Crippen LogP) is 3.29. The van der Waals surface area contributed by atoms with Gasteiger partial charge in [0.2, 0.25) is 0 Å². The molecule has 1 saturated heterocycles. The van der Waals surface area contributed by atoms with Crippen LogP contribution >= 0.6 is 0 Å². The molecule has 1 aliphatic heterocycles. The van der Waals surface area contributed by atoms with Crippen LogP contribution in [-0.4, -0.2) is 23.4 Å². The van der Waals surface area contributed by atoms with Crippen LogP contribution in [0, 0.1) is 0 Å². The number of rotatable bonds is 2. The number of anilines is 1. The number of amides is 1. The summed E-state index contributed by atoms with van der Waals surface area (Å²) in [4.78, 5) is 14.6. The monoisotopic (exact) mass is 280 g/mol. The van der Waals surface area contributed by atoms with Crippen LogP contribution in [-0.2, 0) is 0 Å². The fourth-order valence-electron chi connectivity index (χ4n) is 3.22. The average molecular weight is 280 g/mol. The van der Waals surface area contributed by atoms with Crippen molar-refractivity contribution in [2.75, 3.05) is 12.3 Å². The molecule has 2 aromatic rings. The summed E-state index contributed by atoms with van der Waals surface area (Å²) in [6, 6.07) is 17.9. The van der Waals surface area contributed by atoms with Crippen LogP contribution in [0.25, 0.3) is 0 Å². The van der Waals surface area contributed by atoms with Gasteiger partial charge in [-0.15, -0.1) is 0 Å². The van der Waals surface area contributed by atoms with E-state index in [2.05, 4.69) is 31.2 Å². The number of carbonyl (C=O) groups is 1. The number of hydrogen-bond donors (Lipinski definition) is 1. The smallest absolute Gasteiger partial charge is 0.256 e. The molecule has 0 bridgehead atoms. The molecule has 0 aliphatic carbocycles. The minimum Gasteiger partial charge on any atom is -0.398 e. The Balaban J connectivity index is 1.82. The maximum absolute atomic E-state index is 12.7. The molecule has 2 unspecified atom stereocenters. The molecule has 1 heterocycles. The van der Waals surface area contributed by atoms with Crippen LogP contribution in [0.2, 0.25) is 0 Å². The summed E-state index contributed by atoms with van der Waals surface area (Å²) in [5.74, 6) is 0.444. The summed E-state index contributed by atoms with van der Waals surface area (Å²) in [6.45, 7) is 2.91. The van der Waals surface area contributed by atoms with E-state index >= 15 is 0 Å². The van der Waals surface area contributed by atoms with E-state index in [9.17, 15) is 4.79 Å². The second-order valence-corrected chi connectivity index (χ2v) is 5.63. The topological polar surface area (TPSA) is 46.3 Å². The highest BCUT2D eigenvalue weighted by Crippen LogP contribution is 2.34. The first-order valence-corrected chi connectivity index (χ1v) is 7.39. The van der Waals surface area contributed by atoms with Crippen LogP contribution in [0.5, 0.6) is 0 Å². The van der Waals surface area contributed by atoms with Gasteiger partial charge in [-0.2, -0.15) is 0 Å². The quantitative estimate of drug-likeness (QED) is 0.858. The van der Waals surface area contributed by atoms with Gasteiger partial charge in [0.05, 0.1) is 5.56 Å². The first-order chi connectivity index (χ1) is 10.2.